The number of carbonyl (C=O) groups excluding carboxylic acids is 1. The Morgan fingerprint density at radius 3 is 2.68 bits per heavy atom. The third kappa shape index (κ3) is 3.76. The molecule has 3 aromatic heterocycles. The number of aromatic nitrogens is 6. The van der Waals surface area contributed by atoms with Gasteiger partial charge in [0.05, 0.1) is 36.6 Å². The number of halogens is 1. The number of fused-ring (bicyclic) bond motifs is 1. The molecule has 1 aliphatic rings. The van der Waals surface area contributed by atoms with Crippen LogP contribution in [0.25, 0.3) is 27.5 Å². The van der Waals surface area contributed by atoms with Crippen LogP contribution in [-0.4, -0.2) is 35.2 Å². The van der Waals surface area contributed by atoms with Crippen molar-refractivity contribution in [3.63, 3.8) is 0 Å². The van der Waals surface area contributed by atoms with Gasteiger partial charge in [-0.25, -0.2) is 9.53 Å². The van der Waals surface area contributed by atoms with Crippen molar-refractivity contribution < 1.29 is 4.79 Å². The molecular formula is C24H23ClN8O. The van der Waals surface area contributed by atoms with Gasteiger partial charge in [-0.05, 0) is 25.0 Å². The Hall–Kier alpha value is -3.90. The molecule has 0 atom stereocenters. The van der Waals surface area contributed by atoms with Crippen molar-refractivity contribution in [3.05, 3.63) is 64.7 Å². The van der Waals surface area contributed by atoms with Gasteiger partial charge in [-0.15, -0.1) is 0 Å². The molecule has 0 radical (unpaired) electrons. The van der Waals surface area contributed by atoms with Crippen molar-refractivity contribution in [2.45, 2.75) is 39.4 Å². The zero-order chi connectivity index (χ0) is 24.0. The van der Waals surface area contributed by atoms with Gasteiger partial charge in [-0.2, -0.15) is 15.3 Å². The van der Waals surface area contributed by atoms with E-state index in [0.717, 1.165) is 22.6 Å². The summed E-state index contributed by atoms with van der Waals surface area (Å²) in [7, 11) is 1.80. The number of hydrogen-bond acceptors (Lipinski definition) is 4. The molecule has 0 bridgehead atoms. The Morgan fingerprint density at radius 1 is 1.21 bits per heavy atom. The highest BCUT2D eigenvalue weighted by Gasteiger charge is 2.28. The molecular weight excluding hydrogens is 452 g/mol. The van der Waals surface area contributed by atoms with E-state index in [1.165, 1.54) is 0 Å². The molecule has 10 heteroatoms. The lowest BCUT2D eigenvalue weighted by atomic mass is 10.1. The zero-order valence-electron chi connectivity index (χ0n) is 19.1. The molecule has 0 unspecified atom stereocenters. The summed E-state index contributed by atoms with van der Waals surface area (Å²) in [5, 5.41) is 14.0. The SMILES string of the molecule is [C-]#[N+]c1cn(C)nc1-c1ccc(CN2C(=O)CCn3nc(-c4c(Cl)cnn4C(C)C)cc32)cc1. The van der Waals surface area contributed by atoms with E-state index >= 15 is 0 Å². The molecule has 0 aliphatic carbocycles. The van der Waals surface area contributed by atoms with Crippen molar-refractivity contribution in [1.29, 1.82) is 0 Å². The molecule has 4 aromatic rings. The highest BCUT2D eigenvalue weighted by Crippen LogP contribution is 2.34. The summed E-state index contributed by atoms with van der Waals surface area (Å²) in [6, 6.07) is 9.83. The van der Waals surface area contributed by atoms with Gasteiger partial charge in [-0.1, -0.05) is 35.9 Å². The van der Waals surface area contributed by atoms with E-state index in [0.29, 0.717) is 41.6 Å². The summed E-state index contributed by atoms with van der Waals surface area (Å²) in [5.41, 5.74) is 4.45. The Morgan fingerprint density at radius 2 is 1.97 bits per heavy atom. The molecule has 0 N–H and O–H groups in total. The van der Waals surface area contributed by atoms with Gasteiger partial charge >= 0.3 is 0 Å². The van der Waals surface area contributed by atoms with Crippen LogP contribution < -0.4 is 4.90 Å². The van der Waals surface area contributed by atoms with Crippen LogP contribution in [0.15, 0.2) is 42.7 Å². The highest BCUT2D eigenvalue weighted by molar-refractivity contribution is 6.33. The monoisotopic (exact) mass is 474 g/mol. The van der Waals surface area contributed by atoms with E-state index in [1.54, 1.807) is 29.0 Å². The second kappa shape index (κ2) is 8.47. The minimum atomic E-state index is 0.0477. The van der Waals surface area contributed by atoms with Crippen LogP contribution in [0.5, 0.6) is 0 Å². The van der Waals surface area contributed by atoms with E-state index in [-0.39, 0.29) is 11.9 Å². The lowest BCUT2D eigenvalue weighted by molar-refractivity contribution is -0.119. The van der Waals surface area contributed by atoms with Crippen molar-refractivity contribution in [1.82, 2.24) is 29.3 Å². The average Bonchev–Trinajstić information content (AvgIpc) is 3.52. The van der Waals surface area contributed by atoms with Crippen molar-refractivity contribution in [2.75, 3.05) is 4.90 Å². The lowest BCUT2D eigenvalue weighted by Crippen LogP contribution is -2.36. The van der Waals surface area contributed by atoms with Gasteiger partial charge in [0.1, 0.15) is 17.2 Å². The molecule has 4 heterocycles. The molecule has 0 saturated carbocycles. The number of benzene rings is 1. The van der Waals surface area contributed by atoms with Gasteiger partial charge in [0.25, 0.3) is 0 Å². The van der Waals surface area contributed by atoms with E-state index in [2.05, 4.69) is 15.0 Å². The second-order valence-electron chi connectivity index (χ2n) is 8.57. The maximum absolute atomic E-state index is 12.9. The van der Waals surface area contributed by atoms with Crippen molar-refractivity contribution in [2.24, 2.45) is 7.05 Å². The number of carbonyl (C=O) groups is 1. The summed E-state index contributed by atoms with van der Waals surface area (Å²) in [6.07, 6.45) is 3.71. The molecule has 1 aliphatic heterocycles. The summed E-state index contributed by atoms with van der Waals surface area (Å²) >= 11 is 6.43. The quantitative estimate of drug-likeness (QED) is 0.386. The summed E-state index contributed by atoms with van der Waals surface area (Å²) < 4.78 is 5.34. The fourth-order valence-corrected chi connectivity index (χ4v) is 4.45. The van der Waals surface area contributed by atoms with Crippen LogP contribution in [0, 0.1) is 6.57 Å². The lowest BCUT2D eigenvalue weighted by Gasteiger charge is -2.27. The van der Waals surface area contributed by atoms with Gasteiger partial charge in [0.2, 0.25) is 11.6 Å². The normalized spacial score (nSPS) is 13.4. The largest absolute Gasteiger partial charge is 0.292 e. The zero-order valence-corrected chi connectivity index (χ0v) is 19.9. The van der Waals surface area contributed by atoms with Crippen LogP contribution in [0.4, 0.5) is 11.5 Å². The number of rotatable bonds is 5. The minimum Gasteiger partial charge on any atom is -0.292 e. The molecule has 0 spiro atoms. The van der Waals surface area contributed by atoms with E-state index < -0.39 is 0 Å². The minimum absolute atomic E-state index is 0.0477. The van der Waals surface area contributed by atoms with Crippen LogP contribution in [0.1, 0.15) is 31.9 Å². The summed E-state index contributed by atoms with van der Waals surface area (Å²) in [6.45, 7) is 12.4. The molecule has 0 fully saturated rings. The molecule has 5 rings (SSSR count). The Labute approximate surface area is 202 Å². The molecule has 1 amide bonds. The van der Waals surface area contributed by atoms with Crippen LogP contribution in [0.3, 0.4) is 0 Å². The Kier molecular flexibility index (Phi) is 5.46. The molecule has 172 valence electrons. The van der Waals surface area contributed by atoms with Gasteiger partial charge in [0.15, 0.2) is 0 Å². The van der Waals surface area contributed by atoms with Crippen LogP contribution >= 0.6 is 11.6 Å². The van der Waals surface area contributed by atoms with Crippen molar-refractivity contribution >= 4 is 29.0 Å². The average molecular weight is 475 g/mol. The third-order valence-corrected chi connectivity index (χ3v) is 6.13. The smallest absolute Gasteiger partial charge is 0.232 e. The standard InChI is InChI=1S/C24H23ClN8O/c1-15(2)33-24(18(25)12-27-33)19-11-21-31(22(34)9-10-32(21)28-19)13-16-5-7-17(8-6-16)23-20(26-3)14-30(4)29-23/h5-8,11-12,14-15H,9-10,13H2,1-2,4H3. The maximum Gasteiger partial charge on any atom is 0.232 e. The van der Waals surface area contributed by atoms with Crippen molar-refractivity contribution in [3.8, 4) is 22.6 Å². The first-order valence-electron chi connectivity index (χ1n) is 11.0. The first-order chi connectivity index (χ1) is 16.4. The predicted octanol–water partition coefficient (Wildman–Crippen LogP) is 4.87. The number of anilines is 1. The first kappa shape index (κ1) is 21.9. The second-order valence-corrected chi connectivity index (χ2v) is 8.97. The molecule has 1 aromatic carbocycles. The van der Waals surface area contributed by atoms with E-state index in [9.17, 15) is 4.79 Å². The topological polar surface area (TPSA) is 78.1 Å². The van der Waals surface area contributed by atoms with Crippen LogP contribution in [-0.2, 0) is 24.9 Å². The Bertz CT molecular complexity index is 1420. The number of aryl methyl sites for hydroxylation is 2. The highest BCUT2D eigenvalue weighted by atomic mass is 35.5. The summed E-state index contributed by atoms with van der Waals surface area (Å²) in [4.78, 5) is 18.2. The summed E-state index contributed by atoms with van der Waals surface area (Å²) in [5.74, 6) is 0.787. The first-order valence-corrected chi connectivity index (χ1v) is 11.4. The van der Waals surface area contributed by atoms with Gasteiger partial charge in [0, 0.05) is 31.8 Å². The van der Waals surface area contributed by atoms with Gasteiger partial charge in [-0.3, -0.25) is 19.1 Å². The van der Waals surface area contributed by atoms with E-state index in [1.807, 2.05) is 53.5 Å². The molecule has 34 heavy (non-hydrogen) atoms. The fourth-order valence-electron chi connectivity index (χ4n) is 4.22. The maximum atomic E-state index is 12.9. The fraction of sp³-hybridized carbons (Fsp3) is 0.292. The third-order valence-electron chi connectivity index (χ3n) is 5.85. The molecule has 0 saturated heterocycles. The number of hydrogen-bond donors (Lipinski definition) is 0. The van der Waals surface area contributed by atoms with Crippen LogP contribution in [0.2, 0.25) is 5.02 Å². The Balaban J connectivity index is 1.45. The molecule has 9 nitrogen and oxygen atoms in total. The number of nitrogens with zero attached hydrogens (tertiary/aromatic N) is 8. The van der Waals surface area contributed by atoms with Gasteiger partial charge < -0.3 is 0 Å². The predicted molar refractivity (Wildman–Crippen MR) is 130 cm³/mol. The number of amides is 1. The van der Waals surface area contributed by atoms with E-state index in [4.69, 9.17) is 23.3 Å².